The average Bonchev–Trinajstić information content (AvgIpc) is 3.75. The molecule has 6 aromatic rings. The lowest BCUT2D eigenvalue weighted by Gasteiger charge is -2.72. The van der Waals surface area contributed by atoms with Crippen molar-refractivity contribution in [3.05, 3.63) is 124 Å². The lowest BCUT2D eigenvalue weighted by molar-refractivity contribution is -0.212. The minimum Gasteiger partial charge on any atom is -0.311 e. The fourth-order valence-electron chi connectivity index (χ4n) is 18.9. The number of thiophene rings is 1. The summed E-state index contributed by atoms with van der Waals surface area (Å²) in [6, 6.07) is 36.5. The highest BCUT2D eigenvalue weighted by molar-refractivity contribution is 7.33. The number of benzene rings is 5. The summed E-state index contributed by atoms with van der Waals surface area (Å²) < 4.78 is 2.93. The summed E-state index contributed by atoms with van der Waals surface area (Å²) in [4.78, 5) is 5.68. The second-order valence-electron chi connectivity index (χ2n) is 31.3. The molecule has 0 spiro atoms. The molecule has 0 unspecified atom stereocenters. The Morgan fingerprint density at radius 2 is 0.986 bits per heavy atom. The SMILES string of the molecule is CC(C)(C)c1ccc(N2c3cc(C45CC6C7CC8CC6C(C4)C(C8)C7C5)cc4c3B(c3cc5c(cc3N4c3ccc4c(c3)C(C)(C)CCC4(C)C)C(C)(C)CCC5(C)C)c3sc4cc(C(C)(C)C)ccc4c32)cc1. The zero-order valence-electron chi connectivity index (χ0n) is 47.6. The smallest absolute Gasteiger partial charge is 0.264 e. The maximum atomic E-state index is 2.87. The first-order chi connectivity index (χ1) is 34.8. The van der Waals surface area contributed by atoms with Crippen molar-refractivity contribution >= 4 is 78.0 Å². The molecule has 0 amide bonds. The van der Waals surface area contributed by atoms with Crippen molar-refractivity contribution in [2.75, 3.05) is 9.80 Å². The third kappa shape index (κ3) is 6.30. The average molecular weight is 995 g/mol. The Balaban J connectivity index is 1.06. The van der Waals surface area contributed by atoms with Crippen molar-refractivity contribution in [3.63, 3.8) is 0 Å². The van der Waals surface area contributed by atoms with Crippen LogP contribution in [0.2, 0.25) is 0 Å². The zero-order valence-corrected chi connectivity index (χ0v) is 48.4. The van der Waals surface area contributed by atoms with Gasteiger partial charge in [-0.25, -0.2) is 0 Å². The first-order valence-electron chi connectivity index (χ1n) is 29.6. The number of nitrogens with zero attached hydrogens (tertiary/aromatic N) is 2. The zero-order chi connectivity index (χ0) is 51.3. The van der Waals surface area contributed by atoms with E-state index in [9.17, 15) is 0 Å². The number of rotatable bonds is 3. The molecule has 7 saturated carbocycles. The molecule has 11 aliphatic rings. The molecule has 0 atom stereocenters. The van der Waals surface area contributed by atoms with Gasteiger partial charge in [0.15, 0.2) is 0 Å². The van der Waals surface area contributed by atoms with Crippen molar-refractivity contribution < 1.29 is 0 Å². The van der Waals surface area contributed by atoms with Gasteiger partial charge in [0.2, 0.25) is 0 Å². The standard InChI is InChI=1S/C70H83BN2S/c1-64(2,3)40-15-18-43(19-16-40)73-59-31-42(70-36-49-46-27-39-28-47(49)51(38-70)48(29-39)50(46)37-70)30-58-61(59)71(63-62(73)45-21-17-41(65(4,5)6)32-60(45)74-63)56-34-54-55(69(13,14)26-25-68(54,11)12)35-57(56)72(58)44-20-22-52-53(33-44)67(9,10)24-23-66(52,7)8/h15-22,30-35,39,46-51H,23-29,36-38H2,1-14H3. The lowest BCUT2D eigenvalue weighted by Crippen LogP contribution is -2.66. The van der Waals surface area contributed by atoms with Gasteiger partial charge < -0.3 is 9.80 Å². The van der Waals surface area contributed by atoms with Gasteiger partial charge in [-0.1, -0.05) is 133 Å². The van der Waals surface area contributed by atoms with Gasteiger partial charge in [-0.3, -0.25) is 0 Å². The first kappa shape index (κ1) is 47.0. The van der Waals surface area contributed by atoms with Crippen LogP contribution in [0.3, 0.4) is 0 Å². The second-order valence-corrected chi connectivity index (χ2v) is 32.4. The van der Waals surface area contributed by atoms with Gasteiger partial charge in [-0.15, -0.1) is 11.3 Å². The molecular formula is C70H83BN2S. The van der Waals surface area contributed by atoms with Crippen LogP contribution in [-0.2, 0) is 37.9 Å². The number of hydrogen-bond acceptors (Lipinski definition) is 3. The number of fused-ring (bicyclic) bond motifs is 8. The van der Waals surface area contributed by atoms with Crippen LogP contribution in [-0.4, -0.2) is 6.71 Å². The molecule has 1 aromatic heterocycles. The largest absolute Gasteiger partial charge is 0.311 e. The lowest BCUT2D eigenvalue weighted by atomic mass is 9.32. The van der Waals surface area contributed by atoms with Gasteiger partial charge in [-0.2, -0.15) is 0 Å². The van der Waals surface area contributed by atoms with Crippen LogP contribution in [0.25, 0.3) is 10.1 Å². The van der Waals surface area contributed by atoms with E-state index in [1.165, 1.54) is 135 Å². The number of hydrogen-bond donors (Lipinski definition) is 0. The van der Waals surface area contributed by atoms with Gasteiger partial charge in [0.1, 0.15) is 0 Å². The summed E-state index contributed by atoms with van der Waals surface area (Å²) in [5.74, 6) is 6.67. The normalized spacial score (nSPS) is 30.6. The van der Waals surface area contributed by atoms with Crippen LogP contribution >= 0.6 is 11.3 Å². The topological polar surface area (TPSA) is 6.48 Å². The fourth-order valence-corrected chi connectivity index (χ4v) is 20.3. The molecule has 4 heteroatoms. The Hall–Kier alpha value is -4.28. The van der Waals surface area contributed by atoms with Crippen LogP contribution in [0.15, 0.2) is 84.9 Å². The third-order valence-electron chi connectivity index (χ3n) is 23.2. The van der Waals surface area contributed by atoms with Crippen LogP contribution in [0, 0.1) is 41.4 Å². The quantitative estimate of drug-likeness (QED) is 0.163. The predicted molar refractivity (Wildman–Crippen MR) is 318 cm³/mol. The van der Waals surface area contributed by atoms with Crippen molar-refractivity contribution in [1.82, 2.24) is 0 Å². The van der Waals surface area contributed by atoms with Crippen molar-refractivity contribution in [1.29, 1.82) is 0 Å². The van der Waals surface area contributed by atoms with E-state index in [0.717, 1.165) is 41.4 Å². The van der Waals surface area contributed by atoms with Crippen LogP contribution < -0.4 is 25.5 Å². The summed E-state index contributed by atoms with van der Waals surface area (Å²) >= 11 is 2.10. The Morgan fingerprint density at radius 3 is 1.55 bits per heavy atom. The Kier molecular flexibility index (Phi) is 9.30. The summed E-state index contributed by atoms with van der Waals surface area (Å²) in [6.45, 7) is 34.6. The molecule has 8 bridgehead atoms. The highest BCUT2D eigenvalue weighted by Crippen LogP contribution is 2.75. The molecule has 3 heterocycles. The maximum absolute atomic E-state index is 2.87. The molecule has 2 aliphatic heterocycles. The molecule has 5 aromatic carbocycles. The molecular weight excluding hydrogens is 912 g/mol. The second kappa shape index (κ2) is 14.6. The molecule has 9 aliphatic carbocycles. The highest BCUT2D eigenvalue weighted by atomic mass is 32.1. The summed E-state index contributed by atoms with van der Waals surface area (Å²) in [6.07, 6.45) is 13.6. The Labute approximate surface area is 449 Å². The Morgan fingerprint density at radius 1 is 0.486 bits per heavy atom. The molecule has 382 valence electrons. The predicted octanol–water partition coefficient (Wildman–Crippen LogP) is 17.2. The summed E-state index contributed by atoms with van der Waals surface area (Å²) in [7, 11) is 0. The molecule has 0 N–H and O–H groups in total. The van der Waals surface area contributed by atoms with Crippen LogP contribution in [0.1, 0.15) is 200 Å². The molecule has 7 fully saturated rings. The molecule has 0 saturated heterocycles. The van der Waals surface area contributed by atoms with Crippen molar-refractivity contribution in [2.24, 2.45) is 41.4 Å². The van der Waals surface area contributed by atoms with Gasteiger partial charge in [0.05, 0.1) is 5.69 Å². The van der Waals surface area contributed by atoms with Gasteiger partial charge in [-0.05, 0) is 242 Å². The Bertz CT molecular complexity index is 3340. The monoisotopic (exact) mass is 995 g/mol. The van der Waals surface area contributed by atoms with Gasteiger partial charge in [0, 0.05) is 43.3 Å². The van der Waals surface area contributed by atoms with E-state index in [-0.39, 0.29) is 44.6 Å². The van der Waals surface area contributed by atoms with Crippen molar-refractivity contribution in [2.45, 2.75) is 199 Å². The van der Waals surface area contributed by atoms with Gasteiger partial charge in [0.25, 0.3) is 6.71 Å². The minimum atomic E-state index is 0.0526. The summed E-state index contributed by atoms with van der Waals surface area (Å²) in [5, 5.41) is 1.40. The van der Waals surface area contributed by atoms with E-state index in [0.29, 0.717) is 0 Å². The summed E-state index contributed by atoms with van der Waals surface area (Å²) in [5.41, 5.74) is 22.8. The minimum absolute atomic E-state index is 0.0526. The fraction of sp³-hybridized carbons (Fsp3) is 0.543. The maximum Gasteiger partial charge on any atom is 0.264 e. The van der Waals surface area contributed by atoms with Crippen LogP contribution in [0.5, 0.6) is 0 Å². The number of anilines is 6. The van der Waals surface area contributed by atoms with E-state index >= 15 is 0 Å². The van der Waals surface area contributed by atoms with Gasteiger partial charge >= 0.3 is 0 Å². The first-order valence-corrected chi connectivity index (χ1v) is 30.4. The van der Waals surface area contributed by atoms with Crippen LogP contribution in [0.4, 0.5) is 34.1 Å². The van der Waals surface area contributed by atoms with E-state index in [1.807, 2.05) is 0 Å². The van der Waals surface area contributed by atoms with E-state index in [2.05, 4.69) is 203 Å². The van der Waals surface area contributed by atoms with E-state index < -0.39 is 0 Å². The van der Waals surface area contributed by atoms with E-state index in [4.69, 9.17) is 0 Å². The van der Waals surface area contributed by atoms with E-state index in [1.54, 1.807) is 27.8 Å². The molecule has 74 heavy (non-hydrogen) atoms. The molecule has 2 nitrogen and oxygen atoms in total. The third-order valence-corrected chi connectivity index (χ3v) is 24.4. The molecule has 17 rings (SSSR count). The van der Waals surface area contributed by atoms with Crippen molar-refractivity contribution in [3.8, 4) is 0 Å². The molecule has 0 radical (unpaired) electrons. The highest BCUT2D eigenvalue weighted by Gasteiger charge is 2.68.